The second-order valence-electron chi connectivity index (χ2n) is 2.10. The van der Waals surface area contributed by atoms with Crippen LogP contribution < -0.4 is 0 Å². The zero-order valence-electron chi connectivity index (χ0n) is 5.98. The van der Waals surface area contributed by atoms with Gasteiger partial charge in [0.05, 0.1) is 0 Å². The van der Waals surface area contributed by atoms with Gasteiger partial charge in [0.1, 0.15) is 0 Å². The first-order valence-electron chi connectivity index (χ1n) is 3.47. The van der Waals surface area contributed by atoms with Gasteiger partial charge < -0.3 is 0 Å². The van der Waals surface area contributed by atoms with Gasteiger partial charge in [0.15, 0.2) is 0 Å². The molecule has 0 nitrogen and oxygen atoms in total. The molecule has 0 unspecified atom stereocenters. The molecule has 0 heteroatoms. The summed E-state index contributed by atoms with van der Waals surface area (Å²) >= 11 is 0. The Labute approximate surface area is 53.3 Å². The van der Waals surface area contributed by atoms with Crippen molar-refractivity contribution in [2.24, 2.45) is 0 Å². The highest BCUT2D eigenvalue weighted by atomic mass is 13.9. The lowest BCUT2D eigenvalue weighted by atomic mass is 10.1. The number of unbranched alkanes of at least 4 members (excludes halogenated alkanes) is 5. The van der Waals surface area contributed by atoms with Crippen LogP contribution in [0.1, 0.15) is 39.5 Å². The van der Waals surface area contributed by atoms with Crippen molar-refractivity contribution in [2.45, 2.75) is 39.5 Å². The standard InChI is InChI=1S/C8H16/c1-3-5-7-8-6-4-2/h3-4H,5-8H2,1-2H3. The van der Waals surface area contributed by atoms with Gasteiger partial charge in [0, 0.05) is 0 Å². The van der Waals surface area contributed by atoms with Crippen LogP contribution in [0, 0.1) is 12.8 Å². The third kappa shape index (κ3) is 6.00. The van der Waals surface area contributed by atoms with Crippen molar-refractivity contribution in [3.8, 4) is 0 Å². The van der Waals surface area contributed by atoms with Crippen molar-refractivity contribution in [3.63, 3.8) is 0 Å². The fraction of sp³-hybridized carbons (Fsp3) is 0.750. The molecule has 0 fully saturated rings. The van der Waals surface area contributed by atoms with Crippen molar-refractivity contribution in [1.82, 2.24) is 0 Å². The van der Waals surface area contributed by atoms with Crippen molar-refractivity contribution in [2.75, 3.05) is 0 Å². The topological polar surface area (TPSA) is 0 Å². The van der Waals surface area contributed by atoms with E-state index in [1.807, 2.05) is 0 Å². The predicted molar refractivity (Wildman–Crippen MR) is 38.4 cm³/mol. The molecule has 0 atom stereocenters. The minimum absolute atomic E-state index is 1.29. The van der Waals surface area contributed by atoms with Gasteiger partial charge in [0.25, 0.3) is 0 Å². The van der Waals surface area contributed by atoms with E-state index in [4.69, 9.17) is 0 Å². The van der Waals surface area contributed by atoms with E-state index in [2.05, 4.69) is 26.7 Å². The summed E-state index contributed by atoms with van der Waals surface area (Å²) in [5.74, 6) is 0. The Morgan fingerprint density at radius 1 is 0.875 bits per heavy atom. The molecule has 0 amide bonds. The molecule has 0 aliphatic rings. The molecular weight excluding hydrogens is 96.1 g/mol. The van der Waals surface area contributed by atoms with Crippen molar-refractivity contribution in [3.05, 3.63) is 12.8 Å². The summed E-state index contributed by atoms with van der Waals surface area (Å²) in [5.41, 5.74) is 0. The molecule has 0 aliphatic carbocycles. The SMILES string of the molecule is C[CH]CCCC[CH]C. The van der Waals surface area contributed by atoms with Crippen LogP contribution in [0.15, 0.2) is 0 Å². The molecule has 0 bridgehead atoms. The summed E-state index contributed by atoms with van der Waals surface area (Å²) in [6, 6.07) is 0. The van der Waals surface area contributed by atoms with E-state index < -0.39 is 0 Å². The Hall–Kier alpha value is 0. The van der Waals surface area contributed by atoms with Crippen molar-refractivity contribution in [1.29, 1.82) is 0 Å². The third-order valence-corrected chi connectivity index (χ3v) is 1.24. The van der Waals surface area contributed by atoms with E-state index in [1.54, 1.807) is 0 Å². The van der Waals surface area contributed by atoms with Crippen LogP contribution in [-0.2, 0) is 0 Å². The Morgan fingerprint density at radius 3 is 1.50 bits per heavy atom. The Balaban J connectivity index is 2.53. The van der Waals surface area contributed by atoms with E-state index in [9.17, 15) is 0 Å². The average molecular weight is 112 g/mol. The van der Waals surface area contributed by atoms with Gasteiger partial charge in [-0.05, 0) is 12.8 Å². The zero-order valence-corrected chi connectivity index (χ0v) is 5.98. The second-order valence-corrected chi connectivity index (χ2v) is 2.10. The zero-order chi connectivity index (χ0) is 6.24. The number of rotatable bonds is 5. The number of hydrogen-bond donors (Lipinski definition) is 0. The smallest absolute Gasteiger partial charge is 0.0417 e. The largest absolute Gasteiger partial charge is 0.0623 e. The summed E-state index contributed by atoms with van der Waals surface area (Å²) < 4.78 is 0. The van der Waals surface area contributed by atoms with E-state index in [-0.39, 0.29) is 0 Å². The summed E-state index contributed by atoms with van der Waals surface area (Å²) in [7, 11) is 0. The fourth-order valence-corrected chi connectivity index (χ4v) is 0.697. The first-order chi connectivity index (χ1) is 3.91. The molecule has 0 rings (SSSR count). The van der Waals surface area contributed by atoms with Gasteiger partial charge in [-0.3, -0.25) is 0 Å². The lowest BCUT2D eigenvalue weighted by molar-refractivity contribution is 0.720. The first-order valence-corrected chi connectivity index (χ1v) is 3.47. The maximum Gasteiger partial charge on any atom is -0.0417 e. The Bertz CT molecular complexity index is 25.0. The van der Waals surface area contributed by atoms with E-state index in [0.29, 0.717) is 0 Å². The van der Waals surface area contributed by atoms with E-state index in [0.717, 1.165) is 0 Å². The lowest BCUT2D eigenvalue weighted by Crippen LogP contribution is -1.75. The molecule has 0 aromatic rings. The molecule has 0 aromatic heterocycles. The van der Waals surface area contributed by atoms with Crippen LogP contribution in [0.5, 0.6) is 0 Å². The highest BCUT2D eigenvalue weighted by molar-refractivity contribution is 4.59. The number of hydrogen-bond acceptors (Lipinski definition) is 0. The predicted octanol–water partition coefficient (Wildman–Crippen LogP) is 3.00. The monoisotopic (exact) mass is 112 g/mol. The van der Waals surface area contributed by atoms with Gasteiger partial charge in [-0.15, -0.1) is 0 Å². The van der Waals surface area contributed by atoms with Crippen LogP contribution in [0.3, 0.4) is 0 Å². The quantitative estimate of drug-likeness (QED) is 0.479. The molecule has 0 aromatic carbocycles. The molecule has 0 saturated carbocycles. The highest BCUT2D eigenvalue weighted by Crippen LogP contribution is 2.02. The van der Waals surface area contributed by atoms with Gasteiger partial charge >= 0.3 is 0 Å². The van der Waals surface area contributed by atoms with E-state index in [1.165, 1.54) is 25.7 Å². The Morgan fingerprint density at radius 2 is 1.25 bits per heavy atom. The van der Waals surface area contributed by atoms with E-state index >= 15 is 0 Å². The van der Waals surface area contributed by atoms with Crippen LogP contribution in [-0.4, -0.2) is 0 Å². The van der Waals surface area contributed by atoms with Gasteiger partial charge in [-0.25, -0.2) is 0 Å². The maximum absolute atomic E-state index is 2.23. The molecule has 0 aliphatic heterocycles. The average Bonchev–Trinajstić information content (AvgIpc) is 1.81. The van der Waals surface area contributed by atoms with Crippen LogP contribution in [0.25, 0.3) is 0 Å². The third-order valence-electron chi connectivity index (χ3n) is 1.24. The minimum atomic E-state index is 1.29. The van der Waals surface area contributed by atoms with Gasteiger partial charge in [-0.2, -0.15) is 0 Å². The summed E-state index contributed by atoms with van der Waals surface area (Å²) in [4.78, 5) is 0. The Kier molecular flexibility index (Phi) is 7.00. The highest BCUT2D eigenvalue weighted by Gasteiger charge is 1.83. The van der Waals surface area contributed by atoms with Crippen molar-refractivity contribution >= 4 is 0 Å². The van der Waals surface area contributed by atoms with Crippen LogP contribution in [0.2, 0.25) is 0 Å². The molecule has 48 valence electrons. The van der Waals surface area contributed by atoms with Crippen LogP contribution >= 0.6 is 0 Å². The first kappa shape index (κ1) is 8.00. The summed E-state index contributed by atoms with van der Waals surface area (Å²) in [6.07, 6.45) is 9.76. The molecule has 2 radical (unpaired) electrons. The maximum atomic E-state index is 2.23. The molecule has 0 N–H and O–H groups in total. The molecule has 0 saturated heterocycles. The van der Waals surface area contributed by atoms with Crippen LogP contribution in [0.4, 0.5) is 0 Å². The summed E-state index contributed by atoms with van der Waals surface area (Å²) in [6.45, 7) is 4.24. The molecule has 0 heterocycles. The molecule has 8 heavy (non-hydrogen) atoms. The normalized spacial score (nSPS) is 9.75. The van der Waals surface area contributed by atoms with Gasteiger partial charge in [0.2, 0.25) is 0 Å². The molecular formula is C8H16. The minimum Gasteiger partial charge on any atom is -0.0623 e. The fourth-order valence-electron chi connectivity index (χ4n) is 0.697. The molecule has 0 spiro atoms. The lowest BCUT2D eigenvalue weighted by Gasteiger charge is -1.93. The van der Waals surface area contributed by atoms with Gasteiger partial charge in [-0.1, -0.05) is 39.5 Å². The summed E-state index contributed by atoms with van der Waals surface area (Å²) in [5, 5.41) is 0. The van der Waals surface area contributed by atoms with Crippen molar-refractivity contribution < 1.29 is 0 Å². The second kappa shape index (κ2) is 7.00.